The molecule has 0 radical (unpaired) electrons. The normalized spacial score (nSPS) is 11.7. The molecule has 102 valence electrons. The van der Waals surface area contributed by atoms with Crippen LogP contribution < -0.4 is 0 Å². The molecule has 0 saturated heterocycles. The second-order valence-corrected chi connectivity index (χ2v) is 5.60. The van der Waals surface area contributed by atoms with Crippen molar-refractivity contribution in [2.75, 3.05) is 13.1 Å². The van der Waals surface area contributed by atoms with Crippen molar-refractivity contribution in [3.8, 4) is 0 Å². The Hall–Kier alpha value is -1.06. The van der Waals surface area contributed by atoms with Crippen LogP contribution in [0.15, 0.2) is 49.6 Å². The van der Waals surface area contributed by atoms with Gasteiger partial charge in [0.25, 0.3) is 0 Å². The van der Waals surface area contributed by atoms with Crippen LogP contribution in [0.2, 0.25) is 5.02 Å². The SMILES string of the molecule is C=CCN(CC=C)C(=O)C(Br)Cc1ccccc1Cl. The maximum atomic E-state index is 12.3. The van der Waals surface area contributed by atoms with Gasteiger partial charge in [-0.15, -0.1) is 13.2 Å². The van der Waals surface area contributed by atoms with Crippen LogP contribution in [-0.4, -0.2) is 28.7 Å². The number of rotatable bonds is 7. The third-order valence-electron chi connectivity index (χ3n) is 2.64. The fraction of sp³-hybridized carbons (Fsp3) is 0.267. The van der Waals surface area contributed by atoms with Gasteiger partial charge in [-0.25, -0.2) is 0 Å². The zero-order valence-corrected chi connectivity index (χ0v) is 13.0. The Morgan fingerprint density at radius 3 is 2.42 bits per heavy atom. The molecule has 0 fully saturated rings. The molecule has 1 aromatic carbocycles. The fourth-order valence-corrected chi connectivity index (χ4v) is 2.56. The largest absolute Gasteiger partial charge is 0.334 e. The molecule has 19 heavy (non-hydrogen) atoms. The maximum Gasteiger partial charge on any atom is 0.237 e. The summed E-state index contributed by atoms with van der Waals surface area (Å²) in [7, 11) is 0. The highest BCUT2D eigenvalue weighted by molar-refractivity contribution is 9.10. The predicted octanol–water partition coefficient (Wildman–Crippen LogP) is 3.85. The quantitative estimate of drug-likeness (QED) is 0.544. The number of hydrogen-bond donors (Lipinski definition) is 0. The van der Waals surface area contributed by atoms with Crippen LogP contribution in [-0.2, 0) is 11.2 Å². The number of nitrogens with zero attached hydrogens (tertiary/aromatic N) is 1. The molecule has 4 heteroatoms. The van der Waals surface area contributed by atoms with Gasteiger partial charge < -0.3 is 4.90 Å². The van der Waals surface area contributed by atoms with Gasteiger partial charge in [-0.3, -0.25) is 4.79 Å². The number of benzene rings is 1. The molecule has 1 amide bonds. The van der Waals surface area contributed by atoms with Gasteiger partial charge in [-0.2, -0.15) is 0 Å². The van der Waals surface area contributed by atoms with Crippen molar-refractivity contribution in [1.29, 1.82) is 0 Å². The minimum absolute atomic E-state index is 0.0136. The summed E-state index contributed by atoms with van der Waals surface area (Å²) in [6.45, 7) is 8.33. The molecule has 0 spiro atoms. The smallest absolute Gasteiger partial charge is 0.237 e. The van der Waals surface area contributed by atoms with Crippen LogP contribution in [0.1, 0.15) is 5.56 Å². The summed E-state index contributed by atoms with van der Waals surface area (Å²) in [5.74, 6) is 0.0136. The van der Waals surface area contributed by atoms with Crippen molar-refractivity contribution in [3.63, 3.8) is 0 Å². The monoisotopic (exact) mass is 341 g/mol. The van der Waals surface area contributed by atoms with E-state index in [1.807, 2.05) is 24.3 Å². The van der Waals surface area contributed by atoms with Crippen molar-refractivity contribution in [1.82, 2.24) is 4.90 Å². The Morgan fingerprint density at radius 1 is 1.32 bits per heavy atom. The Bertz CT molecular complexity index is 451. The summed E-state index contributed by atoms with van der Waals surface area (Å²) in [5, 5.41) is 0.679. The highest BCUT2D eigenvalue weighted by Crippen LogP contribution is 2.20. The lowest BCUT2D eigenvalue weighted by Crippen LogP contribution is -2.37. The second kappa shape index (κ2) is 8.18. The molecule has 0 heterocycles. The lowest BCUT2D eigenvalue weighted by Gasteiger charge is -2.22. The highest BCUT2D eigenvalue weighted by Gasteiger charge is 2.21. The third kappa shape index (κ3) is 4.84. The number of alkyl halides is 1. The first-order valence-corrected chi connectivity index (χ1v) is 7.27. The van der Waals surface area contributed by atoms with Crippen molar-refractivity contribution in [3.05, 3.63) is 60.2 Å². The van der Waals surface area contributed by atoms with E-state index in [9.17, 15) is 4.79 Å². The van der Waals surface area contributed by atoms with Crippen molar-refractivity contribution >= 4 is 33.4 Å². The van der Waals surface area contributed by atoms with E-state index in [1.54, 1.807) is 17.1 Å². The van der Waals surface area contributed by atoms with Crippen LogP contribution in [0, 0.1) is 0 Å². The van der Waals surface area contributed by atoms with Gasteiger partial charge >= 0.3 is 0 Å². The van der Waals surface area contributed by atoms with E-state index in [0.717, 1.165) is 5.56 Å². The van der Waals surface area contributed by atoms with Crippen molar-refractivity contribution < 1.29 is 4.79 Å². The Kier molecular flexibility index (Phi) is 6.89. The average Bonchev–Trinajstić information content (AvgIpc) is 2.40. The Morgan fingerprint density at radius 2 is 1.89 bits per heavy atom. The molecule has 0 aliphatic carbocycles. The van der Waals surface area contributed by atoms with Gasteiger partial charge in [0.1, 0.15) is 0 Å². The van der Waals surface area contributed by atoms with Crippen LogP contribution >= 0.6 is 27.5 Å². The summed E-state index contributed by atoms with van der Waals surface area (Å²) >= 11 is 9.53. The lowest BCUT2D eigenvalue weighted by atomic mass is 10.1. The number of halogens is 2. The van der Waals surface area contributed by atoms with Gasteiger partial charge in [-0.05, 0) is 18.1 Å². The highest BCUT2D eigenvalue weighted by atomic mass is 79.9. The van der Waals surface area contributed by atoms with E-state index < -0.39 is 0 Å². The first-order valence-electron chi connectivity index (χ1n) is 5.98. The van der Waals surface area contributed by atoms with Gasteiger partial charge in [0.15, 0.2) is 0 Å². The zero-order valence-electron chi connectivity index (χ0n) is 10.7. The van der Waals surface area contributed by atoms with E-state index in [-0.39, 0.29) is 10.7 Å². The van der Waals surface area contributed by atoms with Gasteiger partial charge in [0.2, 0.25) is 5.91 Å². The van der Waals surface area contributed by atoms with Crippen molar-refractivity contribution in [2.24, 2.45) is 0 Å². The molecule has 0 aromatic heterocycles. The minimum Gasteiger partial charge on any atom is -0.334 e. The standard InChI is InChI=1S/C15H17BrClNO/c1-3-9-18(10-4-2)15(19)13(16)11-12-7-5-6-8-14(12)17/h3-8,13H,1-2,9-11H2. The zero-order chi connectivity index (χ0) is 14.3. The van der Waals surface area contributed by atoms with E-state index in [2.05, 4.69) is 29.1 Å². The average molecular weight is 343 g/mol. The molecule has 1 rings (SSSR count). The van der Waals surface area contributed by atoms with Crippen LogP contribution in [0.4, 0.5) is 0 Å². The third-order valence-corrected chi connectivity index (χ3v) is 3.72. The van der Waals surface area contributed by atoms with E-state index in [4.69, 9.17) is 11.6 Å². The Balaban J connectivity index is 2.73. The molecule has 1 aromatic rings. The number of carbonyl (C=O) groups is 1. The number of carbonyl (C=O) groups excluding carboxylic acids is 1. The topological polar surface area (TPSA) is 20.3 Å². The lowest BCUT2D eigenvalue weighted by molar-refractivity contribution is -0.129. The minimum atomic E-state index is -0.299. The van der Waals surface area contributed by atoms with Gasteiger partial charge in [-0.1, -0.05) is 57.9 Å². The van der Waals surface area contributed by atoms with Crippen molar-refractivity contribution in [2.45, 2.75) is 11.2 Å². The summed E-state index contributed by atoms with van der Waals surface area (Å²) in [4.78, 5) is 13.7. The molecule has 0 N–H and O–H groups in total. The summed E-state index contributed by atoms with van der Waals surface area (Å²) in [6, 6.07) is 7.54. The Labute approximate surface area is 127 Å². The number of amides is 1. The van der Waals surface area contributed by atoms with Crippen LogP contribution in [0.25, 0.3) is 0 Å². The molecule has 1 unspecified atom stereocenters. The summed E-state index contributed by atoms with van der Waals surface area (Å²) in [5.41, 5.74) is 0.955. The maximum absolute atomic E-state index is 12.3. The van der Waals surface area contributed by atoms with Gasteiger partial charge in [0, 0.05) is 18.1 Å². The van der Waals surface area contributed by atoms with E-state index in [1.165, 1.54) is 0 Å². The summed E-state index contributed by atoms with van der Waals surface area (Å²) < 4.78 is 0. The molecule has 2 nitrogen and oxygen atoms in total. The van der Waals surface area contributed by atoms with E-state index in [0.29, 0.717) is 24.5 Å². The molecule has 0 bridgehead atoms. The first kappa shape index (κ1) is 16.0. The molecular formula is C15H17BrClNO. The van der Waals surface area contributed by atoms with Crippen LogP contribution in [0.5, 0.6) is 0 Å². The molecular weight excluding hydrogens is 326 g/mol. The fourth-order valence-electron chi connectivity index (χ4n) is 1.71. The number of hydrogen-bond acceptors (Lipinski definition) is 1. The molecule has 0 aliphatic rings. The predicted molar refractivity (Wildman–Crippen MR) is 84.8 cm³/mol. The van der Waals surface area contributed by atoms with Gasteiger partial charge in [0.05, 0.1) is 4.83 Å². The second-order valence-electron chi connectivity index (χ2n) is 4.08. The molecule has 1 atom stereocenters. The molecule has 0 aliphatic heterocycles. The first-order chi connectivity index (χ1) is 9.10. The molecule has 0 saturated carbocycles. The van der Waals surface area contributed by atoms with Crippen LogP contribution in [0.3, 0.4) is 0 Å². The van der Waals surface area contributed by atoms with E-state index >= 15 is 0 Å². The summed E-state index contributed by atoms with van der Waals surface area (Å²) in [6.07, 6.45) is 3.97.